The number of rotatable bonds is 23. The van der Waals surface area contributed by atoms with Crippen LogP contribution in [0.5, 0.6) is 0 Å². The molecule has 8 amide bonds. The predicted molar refractivity (Wildman–Crippen MR) is 270 cm³/mol. The summed E-state index contributed by atoms with van der Waals surface area (Å²) in [5, 5.41) is 36.8. The van der Waals surface area contributed by atoms with Crippen LogP contribution in [0.3, 0.4) is 0 Å². The number of hydrogen-bond donors (Lipinski definition) is 8. The molecule has 24 nitrogen and oxygen atoms in total. The van der Waals surface area contributed by atoms with Gasteiger partial charge < -0.3 is 56.2 Å². The van der Waals surface area contributed by atoms with Gasteiger partial charge in [0, 0.05) is 54.0 Å². The number of carbonyl (C=O) groups excluding carboxylic acids is 9. The molecule has 3 aliphatic heterocycles. The highest BCUT2D eigenvalue weighted by molar-refractivity contribution is 6.12. The number of aliphatic hydroxyl groups is 1. The number of carboxylic acids is 1. The van der Waals surface area contributed by atoms with Crippen LogP contribution in [-0.4, -0.2) is 135 Å². The van der Waals surface area contributed by atoms with E-state index < -0.39 is 120 Å². The van der Waals surface area contributed by atoms with Gasteiger partial charge in [0.1, 0.15) is 24.5 Å². The first-order chi connectivity index (χ1) is 37.3. The number of aliphatic carboxylic acids is 1. The van der Waals surface area contributed by atoms with E-state index >= 15 is 4.39 Å². The highest BCUT2D eigenvalue weighted by Gasteiger charge is 2.46. The summed E-state index contributed by atoms with van der Waals surface area (Å²) >= 11 is 0. The zero-order valence-electron chi connectivity index (χ0n) is 42.5. The lowest BCUT2D eigenvalue weighted by Gasteiger charge is -2.31. The first-order valence-corrected chi connectivity index (χ1v) is 25.2. The average molecular weight is 1080 g/mol. The lowest BCUT2D eigenvalue weighted by molar-refractivity contribution is -0.172. The second kappa shape index (κ2) is 23.7. The molecule has 0 saturated heterocycles. The van der Waals surface area contributed by atoms with E-state index in [0.29, 0.717) is 33.2 Å². The Bertz CT molecular complexity index is 3240. The third kappa shape index (κ3) is 12.0. The molecular formula is C53H56FN9O15. The molecule has 2 aromatic heterocycles. The third-order valence-corrected chi connectivity index (χ3v) is 14.1. The predicted octanol–water partition coefficient (Wildman–Crippen LogP) is -0.612. The number of ether oxygens (including phenoxy) is 2. The maximum atomic E-state index is 15.5. The van der Waals surface area contributed by atoms with E-state index in [0.717, 1.165) is 17.1 Å². The number of amides is 8. The molecule has 0 saturated carbocycles. The molecule has 4 atom stereocenters. The van der Waals surface area contributed by atoms with Gasteiger partial charge in [-0.25, -0.2) is 14.2 Å². The van der Waals surface area contributed by atoms with Crippen molar-refractivity contribution in [1.29, 1.82) is 0 Å². The number of carboxylic acid groups (broad SMARTS) is 1. The van der Waals surface area contributed by atoms with Crippen LogP contribution in [0, 0.1) is 12.7 Å². The summed E-state index contributed by atoms with van der Waals surface area (Å²) in [5.41, 5.74) is 0.848. The Kier molecular flexibility index (Phi) is 16.8. The van der Waals surface area contributed by atoms with Crippen molar-refractivity contribution in [3.63, 3.8) is 0 Å². The van der Waals surface area contributed by atoms with Crippen LogP contribution in [0.1, 0.15) is 84.0 Å². The van der Waals surface area contributed by atoms with E-state index in [9.17, 15) is 63.0 Å². The number of carbonyl (C=O) groups is 10. The van der Waals surface area contributed by atoms with Crippen molar-refractivity contribution in [2.24, 2.45) is 0 Å². The molecule has 78 heavy (non-hydrogen) atoms. The number of fused-ring (bicyclic) bond motifs is 5. The van der Waals surface area contributed by atoms with E-state index in [4.69, 9.17) is 14.5 Å². The van der Waals surface area contributed by atoms with Crippen molar-refractivity contribution in [3.05, 3.63) is 110 Å². The van der Waals surface area contributed by atoms with Crippen molar-refractivity contribution in [1.82, 2.24) is 46.4 Å². The molecule has 4 aromatic rings. The molecule has 0 fully saturated rings. The summed E-state index contributed by atoms with van der Waals surface area (Å²) in [7, 11) is 0. The van der Waals surface area contributed by atoms with Gasteiger partial charge in [-0.05, 0) is 60.9 Å². The Morgan fingerprint density at radius 1 is 0.846 bits per heavy atom. The van der Waals surface area contributed by atoms with Crippen molar-refractivity contribution in [3.8, 4) is 11.4 Å². The number of benzene rings is 2. The number of aromatic nitrogens is 2. The Labute approximate surface area is 443 Å². The number of esters is 1. The Morgan fingerprint density at radius 2 is 1.53 bits per heavy atom. The molecule has 8 N–H and O–H groups in total. The first-order valence-electron chi connectivity index (χ1n) is 25.2. The van der Waals surface area contributed by atoms with Crippen LogP contribution in [0.25, 0.3) is 22.3 Å². The van der Waals surface area contributed by atoms with E-state index in [1.807, 2.05) is 0 Å². The summed E-state index contributed by atoms with van der Waals surface area (Å²) < 4.78 is 27.5. The maximum absolute atomic E-state index is 15.5. The number of nitrogens with zero attached hydrogens (tertiary/aromatic N) is 3. The average Bonchev–Trinajstić information content (AvgIpc) is 4.05. The second-order valence-corrected chi connectivity index (χ2v) is 19.1. The summed E-state index contributed by atoms with van der Waals surface area (Å²) in [4.78, 5) is 147. The number of hydrogen-bond acceptors (Lipinski definition) is 15. The Hall–Kier alpha value is -8.71. The molecule has 8 rings (SSSR count). The normalized spacial score (nSPS) is 17.5. The fourth-order valence-electron chi connectivity index (χ4n) is 9.93. The summed E-state index contributed by atoms with van der Waals surface area (Å²) in [5.74, 6) is -8.26. The molecule has 1 aliphatic carbocycles. The van der Waals surface area contributed by atoms with Crippen molar-refractivity contribution < 1.29 is 72.0 Å². The molecular weight excluding hydrogens is 1020 g/mol. The van der Waals surface area contributed by atoms with Gasteiger partial charge in [0.25, 0.3) is 17.4 Å². The zero-order valence-corrected chi connectivity index (χ0v) is 42.5. The molecule has 5 heterocycles. The number of halogens is 1. The third-order valence-electron chi connectivity index (χ3n) is 14.1. The maximum Gasteiger partial charge on any atom is 0.343 e. The summed E-state index contributed by atoms with van der Waals surface area (Å²) in [6.07, 6.45) is 1.53. The van der Waals surface area contributed by atoms with Crippen LogP contribution < -0.4 is 37.5 Å². The molecule has 4 aliphatic rings. The second-order valence-electron chi connectivity index (χ2n) is 19.1. The lowest BCUT2D eigenvalue weighted by Crippen LogP contribution is -2.54. The minimum absolute atomic E-state index is 0.00242. The number of aryl methyl sites for hydroxylation is 1. The first kappa shape index (κ1) is 55.5. The summed E-state index contributed by atoms with van der Waals surface area (Å²) in [6.45, 7) is 0.866. The van der Waals surface area contributed by atoms with Crippen LogP contribution >= 0.6 is 0 Å². The highest BCUT2D eigenvalue weighted by atomic mass is 19.1. The van der Waals surface area contributed by atoms with Crippen LogP contribution in [0.15, 0.2) is 59.4 Å². The molecule has 25 heteroatoms. The van der Waals surface area contributed by atoms with Gasteiger partial charge in [-0.3, -0.25) is 52.8 Å². The van der Waals surface area contributed by atoms with Crippen LogP contribution in [-0.2, 0) is 89.0 Å². The van der Waals surface area contributed by atoms with Gasteiger partial charge in [-0.2, -0.15) is 0 Å². The molecule has 0 spiro atoms. The van der Waals surface area contributed by atoms with E-state index in [1.54, 1.807) is 44.2 Å². The summed E-state index contributed by atoms with van der Waals surface area (Å²) in [6, 6.07) is 7.70. The Balaban J connectivity index is 0.904. The topological polar surface area (TPSA) is 340 Å². The quantitative estimate of drug-likeness (QED) is 0.0230. The van der Waals surface area contributed by atoms with Gasteiger partial charge in [0.15, 0.2) is 5.60 Å². The van der Waals surface area contributed by atoms with E-state index in [1.165, 1.54) is 16.7 Å². The van der Waals surface area contributed by atoms with E-state index in [2.05, 4.69) is 31.9 Å². The fourth-order valence-corrected chi connectivity index (χ4v) is 9.93. The van der Waals surface area contributed by atoms with Gasteiger partial charge in [-0.1, -0.05) is 37.3 Å². The smallest absolute Gasteiger partial charge is 0.343 e. The number of nitrogens with one attached hydrogen (secondary N) is 6. The van der Waals surface area contributed by atoms with Crippen LogP contribution in [0.2, 0.25) is 0 Å². The van der Waals surface area contributed by atoms with Gasteiger partial charge in [0.2, 0.25) is 35.4 Å². The Morgan fingerprint density at radius 3 is 2.23 bits per heavy atom. The molecule has 0 bridgehead atoms. The molecule has 0 radical (unpaired) electrons. The van der Waals surface area contributed by atoms with Gasteiger partial charge >= 0.3 is 11.9 Å². The van der Waals surface area contributed by atoms with Crippen molar-refractivity contribution in [2.45, 2.75) is 95.7 Å². The van der Waals surface area contributed by atoms with Gasteiger partial charge in [-0.15, -0.1) is 0 Å². The molecule has 410 valence electrons. The largest absolute Gasteiger partial charge is 0.481 e. The minimum atomic E-state index is -2.12. The highest BCUT2D eigenvalue weighted by Crippen LogP contribution is 2.46. The van der Waals surface area contributed by atoms with E-state index in [-0.39, 0.29) is 99.5 Å². The fraction of sp³-hybridized carbons (Fsp3) is 0.396. The number of cyclic esters (lactones) is 1. The minimum Gasteiger partial charge on any atom is -0.481 e. The number of imide groups is 1. The van der Waals surface area contributed by atoms with Crippen molar-refractivity contribution in [2.75, 3.05) is 39.4 Å². The zero-order chi connectivity index (χ0) is 56.0. The lowest BCUT2D eigenvalue weighted by atomic mass is 9.81. The SMILES string of the molecule is CC[C@@]1(O)C(=O)OCc2c1cc1n(c2=O)Cc2c-1nc1cc(F)c(C)c3c1c2[C@@H](NC(=O)[C@H](CCC(=O)O)NC(=O)CNC(=O)[C@H](Cc1ccccc1)NC(=O)CNC(=O)CNC(=O)CCOCCN1C(=O)C=CC1=O)CC3. The molecule has 2 aromatic carbocycles. The number of pyridine rings is 2. The van der Waals surface area contributed by atoms with Crippen molar-refractivity contribution >= 4 is 70.1 Å². The van der Waals surface area contributed by atoms with Crippen LogP contribution in [0.4, 0.5) is 4.39 Å². The van der Waals surface area contributed by atoms with Gasteiger partial charge in [0.05, 0.1) is 74.4 Å². The standard InChI is InChI=1S/C53H56FN9O15/c1-3-53(76)32-20-38-48-30(25-63(38)51(74)31(32)26-78-52(53)75)47-34(10-9-29-27(2)33(54)21-36(60-48)46(29)47)61-50(73)35(11-14-45(70)71)58-42(67)24-57-49(72)37(19-28-7-5-4-6-8-28)59-41(66)23-56-40(65)22-55-39(64)15-17-77-18-16-62-43(68)12-13-44(62)69/h4-8,12-13,20-21,34-35,37,76H,3,9-11,14-19,22-26H2,1-2H3,(H,55,64)(H,56,65)(H,57,72)(H,58,67)(H,59,66)(H,61,73)(H,70,71)/t34-,35-,37-,53-/m0/s1. The molecule has 0 unspecified atom stereocenters. The monoisotopic (exact) mass is 1080 g/mol.